The number of aromatic nitrogens is 1. The number of nitrogens with zero attached hydrogens (tertiary/aromatic N) is 1. The summed E-state index contributed by atoms with van der Waals surface area (Å²) < 4.78 is 55.7. The van der Waals surface area contributed by atoms with Crippen LogP contribution in [0.2, 0.25) is 0 Å². The van der Waals surface area contributed by atoms with Crippen molar-refractivity contribution in [3.05, 3.63) is 58.1 Å². The molecule has 0 bridgehead atoms. The maximum atomic E-state index is 13.8. The summed E-state index contributed by atoms with van der Waals surface area (Å²) >= 11 is 3.14. The van der Waals surface area contributed by atoms with Crippen LogP contribution in [0.3, 0.4) is 0 Å². The van der Waals surface area contributed by atoms with E-state index in [2.05, 4.69) is 20.9 Å². The number of ether oxygens (including phenoxy) is 1. The third kappa shape index (κ3) is 4.70. The van der Waals surface area contributed by atoms with Gasteiger partial charge in [-0.2, -0.15) is 13.2 Å². The molecule has 0 spiro atoms. The molecule has 0 atom stereocenters. The molecule has 0 saturated heterocycles. The van der Waals surface area contributed by atoms with Crippen LogP contribution in [-0.4, -0.2) is 17.8 Å². The fraction of sp³-hybridized carbons (Fsp3) is 0.214. The minimum absolute atomic E-state index is 0.00264. The lowest BCUT2D eigenvalue weighted by Gasteiger charge is -2.12. The molecule has 1 aromatic carbocycles. The van der Waals surface area contributed by atoms with Crippen molar-refractivity contribution >= 4 is 15.9 Å². The Morgan fingerprint density at radius 1 is 1.19 bits per heavy atom. The molecule has 1 aromatic heterocycles. The average molecular weight is 364 g/mol. The molecule has 1 heterocycles. The Bertz CT molecular complexity index is 631. The zero-order valence-corrected chi connectivity index (χ0v) is 12.2. The first-order valence-electron chi connectivity index (χ1n) is 5.92. The average Bonchev–Trinajstić information content (AvgIpc) is 2.40. The van der Waals surface area contributed by atoms with E-state index in [1.165, 1.54) is 24.4 Å². The second kappa shape index (κ2) is 6.43. The van der Waals surface area contributed by atoms with Crippen molar-refractivity contribution in [2.24, 2.45) is 0 Å². The fourth-order valence-corrected chi connectivity index (χ4v) is 2.03. The van der Waals surface area contributed by atoms with Crippen LogP contribution in [0.15, 0.2) is 41.0 Å². The highest BCUT2D eigenvalue weighted by molar-refractivity contribution is 9.10. The molecule has 2 nitrogen and oxygen atoms in total. The van der Waals surface area contributed by atoms with Gasteiger partial charge in [0.25, 0.3) is 0 Å². The molecule has 0 radical (unpaired) electrons. The molecule has 0 unspecified atom stereocenters. The summed E-state index contributed by atoms with van der Waals surface area (Å²) in [6.45, 7) is -1.41. The predicted octanol–water partition coefficient (Wildman–Crippen LogP) is 4.52. The minimum Gasteiger partial charge on any atom is -0.482 e. The first-order chi connectivity index (χ1) is 9.85. The van der Waals surface area contributed by atoms with Gasteiger partial charge in [0.1, 0.15) is 11.6 Å². The van der Waals surface area contributed by atoms with Gasteiger partial charge >= 0.3 is 6.18 Å². The van der Waals surface area contributed by atoms with Crippen LogP contribution >= 0.6 is 15.9 Å². The second-order valence-corrected chi connectivity index (χ2v) is 5.18. The highest BCUT2D eigenvalue weighted by Gasteiger charge is 2.29. The zero-order valence-electron chi connectivity index (χ0n) is 10.6. The number of halogens is 5. The third-order valence-corrected chi connectivity index (χ3v) is 3.11. The van der Waals surface area contributed by atoms with Crippen molar-refractivity contribution in [2.45, 2.75) is 12.6 Å². The Kier molecular flexibility index (Phi) is 4.82. The Morgan fingerprint density at radius 2 is 1.95 bits per heavy atom. The molecule has 2 aromatic rings. The summed E-state index contributed by atoms with van der Waals surface area (Å²) in [5, 5.41) is 0. The number of benzene rings is 1. The van der Waals surface area contributed by atoms with E-state index in [1.54, 1.807) is 12.1 Å². The molecule has 21 heavy (non-hydrogen) atoms. The van der Waals surface area contributed by atoms with Gasteiger partial charge in [0.2, 0.25) is 0 Å². The molecule has 0 aliphatic rings. The van der Waals surface area contributed by atoms with Crippen molar-refractivity contribution in [3.8, 4) is 5.75 Å². The SMILES string of the molecule is Fc1cc(Br)ccc1Cc1ncccc1OCC(F)(F)F. The third-order valence-electron chi connectivity index (χ3n) is 2.61. The van der Waals surface area contributed by atoms with Crippen molar-refractivity contribution in [1.29, 1.82) is 0 Å². The topological polar surface area (TPSA) is 22.1 Å². The number of alkyl halides is 3. The quantitative estimate of drug-likeness (QED) is 0.745. The van der Waals surface area contributed by atoms with Gasteiger partial charge in [0.05, 0.1) is 5.69 Å². The molecular weight excluding hydrogens is 354 g/mol. The molecule has 0 saturated carbocycles. The Balaban J connectivity index is 2.20. The summed E-state index contributed by atoms with van der Waals surface area (Å²) in [5.74, 6) is -0.464. The number of pyridine rings is 1. The summed E-state index contributed by atoms with van der Waals surface area (Å²) in [6, 6.07) is 7.33. The first kappa shape index (κ1) is 15.8. The number of hydrogen-bond donors (Lipinski definition) is 0. The van der Waals surface area contributed by atoms with Crippen LogP contribution in [0.5, 0.6) is 5.75 Å². The zero-order chi connectivity index (χ0) is 15.5. The molecule has 112 valence electrons. The maximum absolute atomic E-state index is 13.8. The van der Waals surface area contributed by atoms with E-state index >= 15 is 0 Å². The molecular formula is C14H10BrF4NO. The van der Waals surface area contributed by atoms with E-state index in [-0.39, 0.29) is 17.9 Å². The van der Waals surface area contributed by atoms with Crippen LogP contribution < -0.4 is 4.74 Å². The van der Waals surface area contributed by atoms with Crippen LogP contribution in [0, 0.1) is 5.82 Å². The van der Waals surface area contributed by atoms with Gasteiger partial charge in [-0.3, -0.25) is 4.98 Å². The van der Waals surface area contributed by atoms with Crippen molar-refractivity contribution < 1.29 is 22.3 Å². The van der Waals surface area contributed by atoms with Gasteiger partial charge < -0.3 is 4.74 Å². The smallest absolute Gasteiger partial charge is 0.422 e. The van der Waals surface area contributed by atoms with E-state index in [9.17, 15) is 17.6 Å². The lowest BCUT2D eigenvalue weighted by molar-refractivity contribution is -0.153. The highest BCUT2D eigenvalue weighted by atomic mass is 79.9. The van der Waals surface area contributed by atoms with E-state index in [0.717, 1.165) is 0 Å². The highest BCUT2D eigenvalue weighted by Crippen LogP contribution is 2.24. The van der Waals surface area contributed by atoms with Gasteiger partial charge in [-0.1, -0.05) is 22.0 Å². The maximum Gasteiger partial charge on any atom is 0.422 e. The fourth-order valence-electron chi connectivity index (χ4n) is 1.69. The lowest BCUT2D eigenvalue weighted by Crippen LogP contribution is -2.20. The largest absolute Gasteiger partial charge is 0.482 e. The first-order valence-corrected chi connectivity index (χ1v) is 6.72. The molecule has 2 rings (SSSR count). The van der Waals surface area contributed by atoms with E-state index < -0.39 is 18.6 Å². The summed E-state index contributed by atoms with van der Waals surface area (Å²) in [7, 11) is 0. The van der Waals surface area contributed by atoms with Crippen LogP contribution in [0.1, 0.15) is 11.3 Å². The van der Waals surface area contributed by atoms with Gasteiger partial charge in [0, 0.05) is 17.1 Å². The van der Waals surface area contributed by atoms with Gasteiger partial charge in [-0.05, 0) is 29.8 Å². The molecule has 7 heteroatoms. The minimum atomic E-state index is -4.43. The summed E-state index contributed by atoms with van der Waals surface area (Å²) in [5.41, 5.74) is 0.580. The van der Waals surface area contributed by atoms with Crippen LogP contribution in [-0.2, 0) is 6.42 Å². The summed E-state index contributed by atoms with van der Waals surface area (Å²) in [6.07, 6.45) is -2.96. The van der Waals surface area contributed by atoms with E-state index in [1.807, 2.05) is 0 Å². The van der Waals surface area contributed by atoms with E-state index in [0.29, 0.717) is 10.0 Å². The van der Waals surface area contributed by atoms with Crippen molar-refractivity contribution in [3.63, 3.8) is 0 Å². The lowest BCUT2D eigenvalue weighted by atomic mass is 10.1. The second-order valence-electron chi connectivity index (χ2n) is 4.26. The van der Waals surface area contributed by atoms with Gasteiger partial charge in [-0.15, -0.1) is 0 Å². The Morgan fingerprint density at radius 3 is 2.62 bits per heavy atom. The molecule has 0 N–H and O–H groups in total. The van der Waals surface area contributed by atoms with Gasteiger partial charge in [-0.25, -0.2) is 4.39 Å². The van der Waals surface area contributed by atoms with Gasteiger partial charge in [0.15, 0.2) is 6.61 Å². The molecule has 0 aliphatic heterocycles. The number of rotatable bonds is 4. The number of hydrogen-bond acceptors (Lipinski definition) is 2. The molecule has 0 fully saturated rings. The Hall–Kier alpha value is -1.63. The molecule has 0 amide bonds. The normalized spacial score (nSPS) is 11.5. The van der Waals surface area contributed by atoms with Crippen molar-refractivity contribution in [2.75, 3.05) is 6.61 Å². The van der Waals surface area contributed by atoms with Crippen LogP contribution in [0.25, 0.3) is 0 Å². The summed E-state index contributed by atoms with van der Waals surface area (Å²) in [4.78, 5) is 3.97. The van der Waals surface area contributed by atoms with Crippen LogP contribution in [0.4, 0.5) is 17.6 Å². The van der Waals surface area contributed by atoms with Crippen molar-refractivity contribution in [1.82, 2.24) is 4.98 Å². The predicted molar refractivity (Wildman–Crippen MR) is 72.7 cm³/mol. The standard InChI is InChI=1S/C14H10BrF4NO/c15-10-4-3-9(11(16)7-10)6-12-13(2-1-5-20-12)21-8-14(17,18)19/h1-5,7H,6,8H2. The van der Waals surface area contributed by atoms with E-state index in [4.69, 9.17) is 4.74 Å². The Labute approximate surface area is 126 Å². The molecule has 0 aliphatic carbocycles. The monoisotopic (exact) mass is 363 g/mol.